The molecular formula is C36H57N3O7. The average molecular weight is 644 g/mol. The van der Waals surface area contributed by atoms with Gasteiger partial charge in [-0.1, -0.05) is 30.7 Å². The fourth-order valence-electron chi connectivity index (χ4n) is 7.11. The zero-order chi connectivity index (χ0) is 33.4. The van der Waals surface area contributed by atoms with Gasteiger partial charge in [0.25, 0.3) is 0 Å². The van der Waals surface area contributed by atoms with Crippen LogP contribution >= 0.6 is 0 Å². The first-order valence-electron chi connectivity index (χ1n) is 17.2. The van der Waals surface area contributed by atoms with E-state index in [1.807, 2.05) is 6.92 Å². The molecule has 10 heteroatoms. The molecule has 0 aromatic heterocycles. The summed E-state index contributed by atoms with van der Waals surface area (Å²) in [6, 6.07) is 0.780. The largest absolute Gasteiger partial charge is 0.459 e. The molecule has 4 fully saturated rings. The van der Waals surface area contributed by atoms with E-state index in [1.165, 1.54) is 13.0 Å². The van der Waals surface area contributed by atoms with E-state index in [0.717, 1.165) is 63.5 Å². The Morgan fingerprint density at radius 2 is 1.74 bits per heavy atom. The molecule has 3 heterocycles. The van der Waals surface area contributed by atoms with E-state index in [-0.39, 0.29) is 65.8 Å². The van der Waals surface area contributed by atoms with Crippen molar-refractivity contribution in [1.82, 2.24) is 15.5 Å². The molecule has 8 atom stereocenters. The lowest BCUT2D eigenvalue weighted by Gasteiger charge is -2.39. The number of ether oxygens (including phenoxy) is 4. The number of amides is 2. The molecule has 3 saturated heterocycles. The van der Waals surface area contributed by atoms with E-state index in [4.69, 9.17) is 18.9 Å². The summed E-state index contributed by atoms with van der Waals surface area (Å²) in [5.74, 6) is -0.257. The van der Waals surface area contributed by atoms with Crippen LogP contribution in [0.4, 0.5) is 0 Å². The van der Waals surface area contributed by atoms with E-state index in [1.54, 1.807) is 13.0 Å². The van der Waals surface area contributed by atoms with Crippen LogP contribution in [0.3, 0.4) is 0 Å². The molecule has 2 N–H and O–H groups in total. The molecule has 10 nitrogen and oxygen atoms in total. The Kier molecular flexibility index (Phi) is 13.0. The minimum Gasteiger partial charge on any atom is -0.459 e. The third kappa shape index (κ3) is 11.3. The van der Waals surface area contributed by atoms with E-state index < -0.39 is 6.10 Å². The summed E-state index contributed by atoms with van der Waals surface area (Å²) in [4.78, 5) is 38.7. The Hall–Kier alpha value is -2.53. The van der Waals surface area contributed by atoms with Crippen molar-refractivity contribution in [1.29, 1.82) is 0 Å². The van der Waals surface area contributed by atoms with Crippen molar-refractivity contribution in [3.8, 4) is 0 Å². The number of rotatable bonds is 12. The highest BCUT2D eigenvalue weighted by molar-refractivity contribution is 5.87. The Balaban J connectivity index is 1.21. The smallest absolute Gasteiger partial charge is 0.303 e. The molecule has 0 bridgehead atoms. The van der Waals surface area contributed by atoms with E-state index in [9.17, 15) is 14.4 Å². The number of allylic oxidation sites excluding steroid dienone is 2. The molecule has 1 aliphatic carbocycles. The van der Waals surface area contributed by atoms with Crippen LogP contribution in [0, 0.1) is 5.92 Å². The number of hydrogen-bond donors (Lipinski definition) is 2. The van der Waals surface area contributed by atoms with Gasteiger partial charge in [0.2, 0.25) is 11.8 Å². The SMILES string of the molecule is CC(=O)O[C@@H](C)/C=C\C(=O)N[C@@H]1C[C@H](C)[C@H](C/C=C(C)/C=C/[C@@H]2C[C@]3(CO3)C[C@@H](CC(=O)N[C@H]3CC[C@H](N(C)C)CC3)O2)O[C@@H]1C. The molecule has 0 radical (unpaired) electrons. The summed E-state index contributed by atoms with van der Waals surface area (Å²) in [5.41, 5.74) is 0.983. The Labute approximate surface area is 275 Å². The van der Waals surface area contributed by atoms with E-state index in [0.29, 0.717) is 12.5 Å². The number of esters is 1. The maximum atomic E-state index is 12.9. The Morgan fingerprint density at radius 1 is 1.02 bits per heavy atom. The summed E-state index contributed by atoms with van der Waals surface area (Å²) in [5, 5.41) is 6.30. The van der Waals surface area contributed by atoms with Crippen LogP contribution in [0.15, 0.2) is 36.0 Å². The van der Waals surface area contributed by atoms with E-state index in [2.05, 4.69) is 61.7 Å². The maximum Gasteiger partial charge on any atom is 0.303 e. The second kappa shape index (κ2) is 16.5. The van der Waals surface area contributed by atoms with Gasteiger partial charge < -0.3 is 34.5 Å². The molecule has 0 aromatic carbocycles. The van der Waals surface area contributed by atoms with E-state index >= 15 is 0 Å². The van der Waals surface area contributed by atoms with Gasteiger partial charge in [0.05, 0.1) is 49.1 Å². The highest BCUT2D eigenvalue weighted by atomic mass is 16.6. The van der Waals surface area contributed by atoms with Crippen molar-refractivity contribution in [3.63, 3.8) is 0 Å². The summed E-state index contributed by atoms with van der Waals surface area (Å²) in [6.45, 7) is 10.0. The quantitative estimate of drug-likeness (QED) is 0.139. The molecule has 2 amide bonds. The van der Waals surface area contributed by atoms with Crippen molar-refractivity contribution in [2.24, 2.45) is 5.92 Å². The first-order chi connectivity index (χ1) is 21.8. The summed E-state index contributed by atoms with van der Waals surface area (Å²) in [6.07, 6.45) is 16.5. The molecule has 4 aliphatic rings. The number of carbonyl (C=O) groups excluding carboxylic acids is 3. The van der Waals surface area contributed by atoms with Crippen LogP contribution in [0.2, 0.25) is 0 Å². The van der Waals surface area contributed by atoms with Crippen molar-refractivity contribution < 1.29 is 33.3 Å². The van der Waals surface area contributed by atoms with Crippen LogP contribution in [0.1, 0.15) is 92.4 Å². The Bertz CT molecular complexity index is 1140. The van der Waals surface area contributed by atoms with Gasteiger partial charge in [-0.05, 0) is 85.4 Å². The molecule has 1 spiro atoms. The predicted octanol–water partition coefficient (Wildman–Crippen LogP) is 4.38. The summed E-state index contributed by atoms with van der Waals surface area (Å²) in [7, 11) is 4.26. The van der Waals surface area contributed by atoms with Crippen LogP contribution in [0.25, 0.3) is 0 Å². The lowest BCUT2D eigenvalue weighted by atomic mass is 9.88. The van der Waals surface area contributed by atoms with Crippen LogP contribution < -0.4 is 10.6 Å². The number of hydrogen-bond acceptors (Lipinski definition) is 8. The number of carbonyl (C=O) groups is 3. The summed E-state index contributed by atoms with van der Waals surface area (Å²) >= 11 is 0. The van der Waals surface area contributed by atoms with Gasteiger partial charge in [0, 0.05) is 37.9 Å². The second-order valence-corrected chi connectivity index (χ2v) is 14.3. The van der Waals surface area contributed by atoms with Gasteiger partial charge in [0.1, 0.15) is 6.10 Å². The number of nitrogens with one attached hydrogen (secondary N) is 2. The predicted molar refractivity (Wildman–Crippen MR) is 177 cm³/mol. The monoisotopic (exact) mass is 643 g/mol. The van der Waals surface area contributed by atoms with Crippen molar-refractivity contribution >= 4 is 17.8 Å². The molecule has 4 rings (SSSR count). The molecule has 0 unspecified atom stereocenters. The third-order valence-electron chi connectivity index (χ3n) is 9.96. The van der Waals surface area contributed by atoms with Crippen LogP contribution in [-0.2, 0) is 33.3 Å². The first-order valence-corrected chi connectivity index (χ1v) is 17.2. The molecular weight excluding hydrogens is 586 g/mol. The lowest BCUT2D eigenvalue weighted by Crippen LogP contribution is -2.50. The standard InChI is InChI=1S/C36H57N3O7/c1-23(9-16-33-24(2)18-32(26(4)45-33)38-34(41)17-10-25(3)44-27(5)40)8-15-30-20-36(22-43-36)21-31(46-30)19-35(42)37-28-11-13-29(14-12-28)39(6)7/h8-10,15,17,24-26,28-33H,11-14,16,18-22H2,1-7H3,(H,37,42)(H,38,41)/b15-8+,17-10-,23-9+/t24-,25-,26+,28-,29-,30+,31+,32+,33-,36+/m0/s1. The topological polar surface area (TPSA) is 119 Å². The molecule has 3 aliphatic heterocycles. The van der Waals surface area contributed by atoms with Gasteiger partial charge in [-0.15, -0.1) is 0 Å². The average Bonchev–Trinajstić information content (AvgIpc) is 3.72. The molecule has 0 aromatic rings. The van der Waals surface area contributed by atoms with Crippen molar-refractivity contribution in [3.05, 3.63) is 36.0 Å². The van der Waals surface area contributed by atoms with Gasteiger partial charge in [-0.2, -0.15) is 0 Å². The highest BCUT2D eigenvalue weighted by Gasteiger charge is 2.51. The third-order valence-corrected chi connectivity index (χ3v) is 9.96. The first kappa shape index (κ1) is 36.3. The van der Waals surface area contributed by atoms with Crippen LogP contribution in [0.5, 0.6) is 0 Å². The minimum atomic E-state index is -0.459. The minimum absolute atomic E-state index is 0.0564. The van der Waals surface area contributed by atoms with Gasteiger partial charge in [0.15, 0.2) is 0 Å². The normalized spacial score (nSPS) is 35.8. The fraction of sp³-hybridized carbons (Fsp3) is 0.750. The Morgan fingerprint density at radius 3 is 2.39 bits per heavy atom. The molecule has 258 valence electrons. The highest BCUT2D eigenvalue weighted by Crippen LogP contribution is 2.43. The second-order valence-electron chi connectivity index (χ2n) is 14.3. The zero-order valence-electron chi connectivity index (χ0n) is 29.0. The lowest BCUT2D eigenvalue weighted by molar-refractivity contribution is -0.143. The summed E-state index contributed by atoms with van der Waals surface area (Å²) < 4.78 is 23.6. The van der Waals surface area contributed by atoms with Crippen molar-refractivity contribution in [2.45, 2.75) is 147 Å². The van der Waals surface area contributed by atoms with Gasteiger partial charge in [-0.3, -0.25) is 14.4 Å². The zero-order valence-corrected chi connectivity index (χ0v) is 29.0. The van der Waals surface area contributed by atoms with Gasteiger partial charge in [-0.25, -0.2) is 0 Å². The molecule has 1 saturated carbocycles. The van der Waals surface area contributed by atoms with Crippen molar-refractivity contribution in [2.75, 3.05) is 20.7 Å². The van der Waals surface area contributed by atoms with Gasteiger partial charge >= 0.3 is 5.97 Å². The number of nitrogens with zero attached hydrogens (tertiary/aromatic N) is 1. The molecule has 46 heavy (non-hydrogen) atoms. The van der Waals surface area contributed by atoms with Crippen LogP contribution in [-0.4, -0.2) is 97.6 Å². The maximum absolute atomic E-state index is 12.9. The fourth-order valence-corrected chi connectivity index (χ4v) is 7.11. The number of epoxide rings is 1.